The van der Waals surface area contributed by atoms with Gasteiger partial charge in [0.1, 0.15) is 0 Å². The normalized spacial score (nSPS) is 10.2. The molecular weight excluding hydrogens is 745 g/mol. The summed E-state index contributed by atoms with van der Waals surface area (Å²) in [4.78, 5) is 0. The molecule has 0 bridgehead atoms. The SMILES string of the molecule is [Br][Ni][Br].[Fe+2].c1ccc(P(c2ccccc2)[c-]2cccc2)cc1.c1ccc(P(c2ccccc2)[c-]2cccc2)cc1. The van der Waals surface area contributed by atoms with Crippen LogP contribution >= 0.6 is 44.3 Å². The quantitative estimate of drug-likeness (QED) is 0.0915. The van der Waals surface area contributed by atoms with E-state index in [9.17, 15) is 0 Å². The van der Waals surface area contributed by atoms with Gasteiger partial charge in [0.25, 0.3) is 0 Å². The zero-order valence-corrected chi connectivity index (χ0v) is 28.5. The van der Waals surface area contributed by atoms with Crippen molar-refractivity contribution >= 4 is 76.1 Å². The van der Waals surface area contributed by atoms with Gasteiger partial charge in [-0.05, 0) is 21.2 Å². The largest absolute Gasteiger partial charge is 2.00 e. The zero-order valence-electron chi connectivity index (χ0n) is 21.5. The van der Waals surface area contributed by atoms with Gasteiger partial charge in [-0.25, -0.2) is 24.3 Å². The van der Waals surface area contributed by atoms with Crippen molar-refractivity contribution in [2.75, 3.05) is 0 Å². The smallest absolute Gasteiger partial charge is 0.213 e. The van der Waals surface area contributed by atoms with Crippen molar-refractivity contribution in [3.8, 4) is 0 Å². The number of hydrogen-bond acceptors (Lipinski definition) is 0. The molecule has 0 aliphatic heterocycles. The molecule has 0 unspecified atom stereocenters. The molecule has 6 rings (SSSR count). The van der Waals surface area contributed by atoms with Gasteiger partial charge in [-0.15, -0.1) is 10.6 Å². The predicted octanol–water partition coefficient (Wildman–Crippen LogP) is 8.01. The Morgan fingerprint density at radius 2 is 0.575 bits per heavy atom. The molecule has 0 nitrogen and oxygen atoms in total. The van der Waals surface area contributed by atoms with Crippen LogP contribution in [0.4, 0.5) is 0 Å². The summed E-state index contributed by atoms with van der Waals surface area (Å²) in [5, 5.41) is 8.47. The van der Waals surface area contributed by atoms with Gasteiger partial charge in [0.2, 0.25) is 0 Å². The fraction of sp³-hybridized carbons (Fsp3) is 0. The van der Waals surface area contributed by atoms with Gasteiger partial charge < -0.3 is 0 Å². The molecule has 0 amide bonds. The number of hydrogen-bond donors (Lipinski definition) is 0. The minimum Gasteiger partial charge on any atom is -0.213 e. The standard InChI is InChI=1S/2C17H14P.2BrH.Fe.Ni/c2*1-3-9-15(10-4-1)18(17-13-7-8-14-17)16-11-5-2-6-12-16;;;;/h2*1-14H;2*1H;;/q2*-1;;;2*+2/p-2. The van der Waals surface area contributed by atoms with Gasteiger partial charge in [-0.1, -0.05) is 137 Å². The summed E-state index contributed by atoms with van der Waals surface area (Å²) in [5.74, 6) is 0. The molecule has 0 aromatic heterocycles. The van der Waals surface area contributed by atoms with Gasteiger partial charge in [0, 0.05) is 0 Å². The molecule has 0 heterocycles. The van der Waals surface area contributed by atoms with E-state index in [1.807, 2.05) is 0 Å². The van der Waals surface area contributed by atoms with Crippen LogP contribution in [0.3, 0.4) is 0 Å². The summed E-state index contributed by atoms with van der Waals surface area (Å²) < 4.78 is 0. The summed E-state index contributed by atoms with van der Waals surface area (Å²) in [6.45, 7) is 0. The second kappa shape index (κ2) is 18.8. The summed E-state index contributed by atoms with van der Waals surface area (Å²) in [6, 6.07) is 60.5. The van der Waals surface area contributed by atoms with Crippen LogP contribution in [0.5, 0.6) is 0 Å². The summed E-state index contributed by atoms with van der Waals surface area (Å²) in [6.07, 6.45) is 0. The molecule has 0 aliphatic rings. The summed E-state index contributed by atoms with van der Waals surface area (Å²) in [5.41, 5.74) is 0. The molecule has 6 aromatic rings. The van der Waals surface area contributed by atoms with Crippen molar-refractivity contribution in [2.24, 2.45) is 0 Å². The minimum atomic E-state index is -0.409. The fourth-order valence-corrected chi connectivity index (χ4v) is 8.84. The second-order valence-corrected chi connectivity index (χ2v) is 17.8. The van der Waals surface area contributed by atoms with Gasteiger partial charge in [-0.2, -0.15) is 24.3 Å². The van der Waals surface area contributed by atoms with Crippen LogP contribution in [0.1, 0.15) is 0 Å². The van der Waals surface area contributed by atoms with E-state index in [0.29, 0.717) is 0 Å². The van der Waals surface area contributed by atoms with E-state index in [2.05, 4.69) is 198 Å². The Morgan fingerprint density at radius 3 is 0.775 bits per heavy atom. The van der Waals surface area contributed by atoms with E-state index in [0.717, 1.165) is 0 Å². The first-order valence-electron chi connectivity index (χ1n) is 12.4. The maximum atomic E-state index is 3.00. The number of rotatable bonds is 6. The molecule has 0 radical (unpaired) electrons. The summed E-state index contributed by atoms with van der Waals surface area (Å²) in [7, 11) is 0.432. The third-order valence-electron chi connectivity index (χ3n) is 5.86. The molecule has 0 atom stereocenters. The maximum absolute atomic E-state index is 3.00. The van der Waals surface area contributed by atoms with E-state index in [1.165, 1.54) is 42.7 Å². The molecule has 0 aliphatic carbocycles. The van der Waals surface area contributed by atoms with Crippen LogP contribution in [-0.4, -0.2) is 0 Å². The van der Waals surface area contributed by atoms with Crippen molar-refractivity contribution in [1.82, 2.24) is 0 Å². The van der Waals surface area contributed by atoms with E-state index in [4.69, 9.17) is 0 Å². The minimum absolute atomic E-state index is 0. The van der Waals surface area contributed by atoms with E-state index in [-0.39, 0.29) is 17.1 Å². The number of benzene rings is 4. The van der Waals surface area contributed by atoms with Crippen molar-refractivity contribution < 1.29 is 28.0 Å². The fourth-order valence-electron chi connectivity index (χ4n) is 4.23. The molecule has 206 valence electrons. The first-order chi connectivity index (χ1) is 19.3. The molecule has 0 saturated heterocycles. The van der Waals surface area contributed by atoms with Crippen molar-refractivity contribution in [2.45, 2.75) is 0 Å². The predicted molar refractivity (Wildman–Crippen MR) is 179 cm³/mol. The maximum Gasteiger partial charge on any atom is 2.00 e. The van der Waals surface area contributed by atoms with Crippen LogP contribution in [0.2, 0.25) is 0 Å². The Balaban J connectivity index is 0.000000197. The molecule has 6 aromatic carbocycles. The van der Waals surface area contributed by atoms with Gasteiger partial charge in [-0.3, -0.25) is 0 Å². The Kier molecular flexibility index (Phi) is 15.4. The topological polar surface area (TPSA) is 0 Å². The first kappa shape index (κ1) is 32.9. The Hall–Kier alpha value is -1.59. The molecule has 0 fully saturated rings. The van der Waals surface area contributed by atoms with Gasteiger partial charge in [0.05, 0.1) is 0 Å². The Labute approximate surface area is 271 Å². The Bertz CT molecular complexity index is 1240. The molecule has 40 heavy (non-hydrogen) atoms. The van der Waals surface area contributed by atoms with Crippen LogP contribution in [0.25, 0.3) is 0 Å². The average Bonchev–Trinajstić information content (AvgIpc) is 3.72. The van der Waals surface area contributed by atoms with E-state index >= 15 is 0 Å². The first-order valence-corrected chi connectivity index (χ1v) is 19.9. The van der Waals surface area contributed by atoms with Crippen LogP contribution in [-0.2, 0) is 28.0 Å². The van der Waals surface area contributed by atoms with Crippen molar-refractivity contribution in [1.29, 1.82) is 0 Å². The van der Waals surface area contributed by atoms with Crippen LogP contribution in [0, 0.1) is 0 Å². The Morgan fingerprint density at radius 1 is 0.375 bits per heavy atom. The molecule has 6 heteroatoms. The third kappa shape index (κ3) is 9.76. The number of halogens is 2. The van der Waals surface area contributed by atoms with Crippen molar-refractivity contribution in [3.05, 3.63) is 170 Å². The van der Waals surface area contributed by atoms with Gasteiger partial charge in [0.15, 0.2) is 0 Å². The molecule has 0 saturated carbocycles. The van der Waals surface area contributed by atoms with E-state index < -0.39 is 15.8 Å². The van der Waals surface area contributed by atoms with Gasteiger partial charge >= 0.3 is 56.4 Å². The van der Waals surface area contributed by atoms with Crippen molar-refractivity contribution in [3.63, 3.8) is 0 Å². The molecular formula is C34H28Br2FeNiP2. The third-order valence-corrected chi connectivity index (χ3v) is 10.8. The second-order valence-electron chi connectivity index (χ2n) is 8.34. The average molecular weight is 773 g/mol. The van der Waals surface area contributed by atoms with Crippen LogP contribution < -0.4 is 31.8 Å². The molecule has 0 spiro atoms. The summed E-state index contributed by atoms with van der Waals surface area (Å²) >= 11 is 6.00. The van der Waals surface area contributed by atoms with E-state index in [1.54, 1.807) is 0 Å². The molecule has 0 N–H and O–H groups in total. The monoisotopic (exact) mass is 770 g/mol. The zero-order chi connectivity index (χ0) is 27.1. The van der Waals surface area contributed by atoms with Crippen LogP contribution in [0.15, 0.2) is 170 Å².